The Kier molecular flexibility index (Phi) is 5.03. The molecular formula is C21H14Cl2N6O4. The van der Waals surface area contributed by atoms with Crippen molar-refractivity contribution < 1.29 is 4.74 Å². The molecule has 0 saturated carbocycles. The Morgan fingerprint density at radius 2 is 1.76 bits per heavy atom. The highest BCUT2D eigenvalue weighted by Gasteiger charge is 2.29. The van der Waals surface area contributed by atoms with Crippen molar-refractivity contribution in [1.29, 1.82) is 0 Å². The van der Waals surface area contributed by atoms with Gasteiger partial charge < -0.3 is 10.5 Å². The van der Waals surface area contributed by atoms with Gasteiger partial charge in [-0.1, -0.05) is 47.5 Å². The Hall–Kier alpha value is -3.89. The van der Waals surface area contributed by atoms with Crippen LogP contribution in [0.15, 0.2) is 56.8 Å². The summed E-state index contributed by atoms with van der Waals surface area (Å²) in [6.45, 7) is 0. The predicted molar refractivity (Wildman–Crippen MR) is 122 cm³/mol. The number of nitrogen functional groups attached to an aromatic ring is 1. The van der Waals surface area contributed by atoms with Crippen LogP contribution in [-0.4, -0.2) is 25.0 Å². The Bertz CT molecular complexity index is 1570. The van der Waals surface area contributed by atoms with Crippen molar-refractivity contribution in [2.45, 2.75) is 12.3 Å². The fourth-order valence-corrected chi connectivity index (χ4v) is 4.26. The van der Waals surface area contributed by atoms with Crippen LogP contribution >= 0.6 is 23.2 Å². The van der Waals surface area contributed by atoms with E-state index in [-0.39, 0.29) is 38.8 Å². The van der Waals surface area contributed by atoms with E-state index in [1.807, 2.05) is 29.2 Å². The lowest BCUT2D eigenvalue weighted by molar-refractivity contribution is 0.452. The molecule has 0 bridgehead atoms. The maximum atomic E-state index is 12.4. The van der Waals surface area contributed by atoms with Gasteiger partial charge >= 0.3 is 5.69 Å². The molecule has 12 heteroatoms. The average Bonchev–Trinajstić information content (AvgIpc) is 2.76. The predicted octanol–water partition coefficient (Wildman–Crippen LogP) is 2.37. The number of aromatic nitrogens is 5. The van der Waals surface area contributed by atoms with Crippen LogP contribution in [0.25, 0.3) is 5.69 Å². The second-order valence-electron chi connectivity index (χ2n) is 7.34. The first-order valence-corrected chi connectivity index (χ1v) is 10.4. The molecule has 33 heavy (non-hydrogen) atoms. The van der Waals surface area contributed by atoms with E-state index in [9.17, 15) is 14.4 Å². The van der Waals surface area contributed by atoms with Gasteiger partial charge in [0.1, 0.15) is 0 Å². The summed E-state index contributed by atoms with van der Waals surface area (Å²) in [4.78, 5) is 38.0. The highest BCUT2D eigenvalue weighted by molar-refractivity contribution is 6.37. The molecule has 4 N–H and O–H groups in total. The Labute approximate surface area is 194 Å². The van der Waals surface area contributed by atoms with Gasteiger partial charge in [-0.2, -0.15) is 4.68 Å². The smallest absolute Gasteiger partial charge is 0.349 e. The number of H-pyrrole nitrogens is 2. The molecule has 0 fully saturated rings. The molecule has 166 valence electrons. The molecule has 4 aromatic rings. The number of aromatic amines is 2. The highest BCUT2D eigenvalue weighted by atomic mass is 35.5. The van der Waals surface area contributed by atoms with Crippen LogP contribution in [0.2, 0.25) is 10.0 Å². The number of benzene rings is 2. The van der Waals surface area contributed by atoms with Crippen LogP contribution in [0.1, 0.15) is 22.6 Å². The van der Waals surface area contributed by atoms with Crippen LogP contribution in [-0.2, 0) is 6.42 Å². The molecule has 2 aromatic heterocycles. The summed E-state index contributed by atoms with van der Waals surface area (Å²) in [7, 11) is 0. The molecule has 1 atom stereocenters. The number of hydrogen-bond acceptors (Lipinski definition) is 7. The van der Waals surface area contributed by atoms with Gasteiger partial charge in [0.05, 0.1) is 15.7 Å². The third kappa shape index (κ3) is 3.69. The maximum Gasteiger partial charge on any atom is 0.349 e. The number of nitrogens with two attached hydrogens (primary N) is 1. The standard InChI is InChI=1S/C21H14Cl2N6O4/c22-14-6-10(29-21(32)25-20(31)18(24)28-29)7-15(23)17(14)33-16-8-13(19(30)27-26-16)12-5-9-3-1-2-4-11(9)12/h1-4,6-8,12H,5H2,(H2,24,28)(H,27,30)(H,25,31,32)/t12-/m1/s1. The van der Waals surface area contributed by atoms with Gasteiger partial charge in [-0.05, 0) is 29.7 Å². The van der Waals surface area contributed by atoms with Crippen molar-refractivity contribution in [3.05, 3.63) is 100 Å². The maximum absolute atomic E-state index is 12.4. The average molecular weight is 485 g/mol. The molecule has 0 radical (unpaired) electrons. The monoisotopic (exact) mass is 484 g/mol. The topological polar surface area (TPSA) is 149 Å². The Balaban J connectivity index is 1.49. The molecule has 1 aliphatic rings. The normalized spacial score (nSPS) is 14.4. The summed E-state index contributed by atoms with van der Waals surface area (Å²) >= 11 is 12.7. The fourth-order valence-electron chi connectivity index (χ4n) is 3.71. The molecule has 1 aliphatic carbocycles. The zero-order valence-electron chi connectivity index (χ0n) is 16.6. The first-order chi connectivity index (χ1) is 15.8. The quantitative estimate of drug-likeness (QED) is 0.402. The number of fused-ring (bicyclic) bond motifs is 1. The van der Waals surface area contributed by atoms with Gasteiger partial charge in [-0.25, -0.2) is 9.89 Å². The van der Waals surface area contributed by atoms with E-state index < -0.39 is 17.1 Å². The molecular weight excluding hydrogens is 471 g/mol. The summed E-state index contributed by atoms with van der Waals surface area (Å²) in [6, 6.07) is 12.2. The minimum absolute atomic E-state index is 0.0412. The van der Waals surface area contributed by atoms with E-state index in [1.165, 1.54) is 17.7 Å². The van der Waals surface area contributed by atoms with Crippen LogP contribution in [0.3, 0.4) is 0 Å². The third-order valence-electron chi connectivity index (χ3n) is 5.33. The fraction of sp³-hybridized carbons (Fsp3) is 0.0952. The largest absolute Gasteiger partial charge is 0.434 e. The summed E-state index contributed by atoms with van der Waals surface area (Å²) in [6.07, 6.45) is 0.739. The van der Waals surface area contributed by atoms with Crippen LogP contribution < -0.4 is 27.3 Å². The Morgan fingerprint density at radius 3 is 2.48 bits per heavy atom. The lowest BCUT2D eigenvalue weighted by atomic mass is 9.74. The second-order valence-corrected chi connectivity index (χ2v) is 8.16. The summed E-state index contributed by atoms with van der Waals surface area (Å²) in [5, 5.41) is 10.2. The molecule has 10 nitrogen and oxygen atoms in total. The molecule has 0 aliphatic heterocycles. The van der Waals surface area contributed by atoms with Crippen LogP contribution in [0, 0.1) is 0 Å². The number of halogens is 2. The van der Waals surface area contributed by atoms with E-state index in [0.717, 1.165) is 16.7 Å². The lowest BCUT2D eigenvalue weighted by Gasteiger charge is -2.29. The highest BCUT2D eigenvalue weighted by Crippen LogP contribution is 2.41. The molecule has 0 spiro atoms. The first-order valence-electron chi connectivity index (χ1n) is 9.65. The molecule has 5 rings (SSSR count). The number of nitrogens with one attached hydrogen (secondary N) is 2. The van der Waals surface area contributed by atoms with Crippen molar-refractivity contribution >= 4 is 29.0 Å². The van der Waals surface area contributed by atoms with E-state index in [0.29, 0.717) is 5.56 Å². The number of nitrogens with zero attached hydrogens (tertiary/aromatic N) is 3. The van der Waals surface area contributed by atoms with Gasteiger partial charge in [0.2, 0.25) is 11.7 Å². The van der Waals surface area contributed by atoms with E-state index in [2.05, 4.69) is 15.3 Å². The summed E-state index contributed by atoms with van der Waals surface area (Å²) in [5.41, 5.74) is 6.51. The molecule has 2 heterocycles. The van der Waals surface area contributed by atoms with Crippen molar-refractivity contribution in [1.82, 2.24) is 25.0 Å². The van der Waals surface area contributed by atoms with E-state index in [4.69, 9.17) is 33.7 Å². The van der Waals surface area contributed by atoms with Gasteiger partial charge in [0.15, 0.2) is 5.75 Å². The zero-order valence-corrected chi connectivity index (χ0v) is 18.1. The summed E-state index contributed by atoms with van der Waals surface area (Å²) < 4.78 is 6.62. The van der Waals surface area contributed by atoms with Gasteiger partial charge in [0, 0.05) is 17.5 Å². The van der Waals surface area contributed by atoms with Crippen LogP contribution in [0.5, 0.6) is 11.6 Å². The lowest BCUT2D eigenvalue weighted by Crippen LogP contribution is -2.33. The second kappa shape index (κ2) is 7.91. The third-order valence-corrected chi connectivity index (χ3v) is 5.89. The Morgan fingerprint density at radius 1 is 1.03 bits per heavy atom. The molecule has 0 saturated heterocycles. The minimum Gasteiger partial charge on any atom is -0.434 e. The molecule has 0 amide bonds. The van der Waals surface area contributed by atoms with Gasteiger partial charge in [0.25, 0.3) is 11.1 Å². The van der Waals surface area contributed by atoms with Crippen molar-refractivity contribution in [2.24, 2.45) is 0 Å². The van der Waals surface area contributed by atoms with Gasteiger partial charge in [-0.3, -0.25) is 14.6 Å². The van der Waals surface area contributed by atoms with Crippen molar-refractivity contribution in [3.8, 4) is 17.3 Å². The number of ether oxygens (including phenoxy) is 1. The molecule has 2 aromatic carbocycles. The van der Waals surface area contributed by atoms with E-state index >= 15 is 0 Å². The zero-order chi connectivity index (χ0) is 23.3. The van der Waals surface area contributed by atoms with E-state index in [1.54, 1.807) is 6.07 Å². The first kappa shape index (κ1) is 21.0. The number of anilines is 1. The van der Waals surface area contributed by atoms with Crippen molar-refractivity contribution in [3.63, 3.8) is 0 Å². The minimum atomic E-state index is -0.817. The SMILES string of the molecule is Nc1nn(-c2cc(Cl)c(Oc3cc([C@@H]4Cc5ccccc54)c(=O)[nH]n3)c(Cl)c2)c(=O)[nH]c1=O. The number of rotatable bonds is 4. The van der Waals surface area contributed by atoms with Crippen LogP contribution in [0.4, 0.5) is 5.82 Å². The summed E-state index contributed by atoms with van der Waals surface area (Å²) in [5.74, 6) is -0.307. The van der Waals surface area contributed by atoms with Gasteiger partial charge in [-0.15, -0.1) is 10.2 Å². The molecule has 0 unspecified atom stereocenters. The number of hydrogen-bond donors (Lipinski definition) is 3. The van der Waals surface area contributed by atoms with Crippen molar-refractivity contribution in [2.75, 3.05) is 5.73 Å².